The Morgan fingerprint density at radius 3 is 2.55 bits per heavy atom. The molecule has 4 nitrogen and oxygen atoms in total. The monoisotopic (exact) mass is 160 g/mol. The van der Waals surface area contributed by atoms with Gasteiger partial charge in [-0.1, -0.05) is 0 Å². The predicted octanol–water partition coefficient (Wildman–Crippen LogP) is -0.779. The summed E-state index contributed by atoms with van der Waals surface area (Å²) in [5.74, 6) is -0.324. The Bertz CT molecular complexity index is 126. The molecule has 0 radical (unpaired) electrons. The highest BCUT2D eigenvalue weighted by Crippen LogP contribution is 1.88. The standard InChI is InChI=1S/C7H16N2O2/c1-5(3-7(8)11)9-4-6(2)10/h5-6,9-10H,3-4H2,1-2H3,(H2,8,11)/t5?,6-/m1/s1. The number of amides is 1. The Labute approximate surface area is 66.8 Å². The second-order valence-electron chi connectivity index (χ2n) is 2.83. The normalized spacial score (nSPS) is 15.9. The van der Waals surface area contributed by atoms with E-state index in [-0.39, 0.29) is 18.1 Å². The lowest BCUT2D eigenvalue weighted by Gasteiger charge is -2.12. The molecule has 0 saturated heterocycles. The minimum absolute atomic E-state index is 0.0436. The third kappa shape index (κ3) is 7.29. The van der Waals surface area contributed by atoms with Crippen molar-refractivity contribution in [1.29, 1.82) is 0 Å². The molecule has 0 bridgehead atoms. The van der Waals surface area contributed by atoms with E-state index in [1.807, 2.05) is 6.92 Å². The van der Waals surface area contributed by atoms with Crippen LogP contribution in [0.2, 0.25) is 0 Å². The van der Waals surface area contributed by atoms with Gasteiger partial charge in [0.1, 0.15) is 0 Å². The van der Waals surface area contributed by atoms with Crippen LogP contribution in [0.4, 0.5) is 0 Å². The molecule has 0 rings (SSSR count). The molecule has 0 aliphatic rings. The Kier molecular flexibility index (Phi) is 4.81. The first kappa shape index (κ1) is 10.4. The van der Waals surface area contributed by atoms with Crippen molar-refractivity contribution >= 4 is 5.91 Å². The molecule has 11 heavy (non-hydrogen) atoms. The van der Waals surface area contributed by atoms with Crippen molar-refractivity contribution in [1.82, 2.24) is 5.32 Å². The summed E-state index contributed by atoms with van der Waals surface area (Å²) in [6.07, 6.45) is -0.0717. The van der Waals surface area contributed by atoms with Crippen LogP contribution in [0.3, 0.4) is 0 Å². The van der Waals surface area contributed by atoms with Gasteiger partial charge in [-0.25, -0.2) is 0 Å². The van der Waals surface area contributed by atoms with E-state index in [1.165, 1.54) is 0 Å². The molecule has 0 aromatic carbocycles. The second-order valence-corrected chi connectivity index (χ2v) is 2.83. The topological polar surface area (TPSA) is 75.4 Å². The molecular weight excluding hydrogens is 144 g/mol. The van der Waals surface area contributed by atoms with Gasteiger partial charge in [-0.15, -0.1) is 0 Å². The van der Waals surface area contributed by atoms with Gasteiger partial charge in [0.15, 0.2) is 0 Å². The fourth-order valence-corrected chi connectivity index (χ4v) is 0.746. The van der Waals surface area contributed by atoms with E-state index in [0.29, 0.717) is 13.0 Å². The van der Waals surface area contributed by atoms with Crippen molar-refractivity contribution in [3.63, 3.8) is 0 Å². The van der Waals surface area contributed by atoms with E-state index in [1.54, 1.807) is 6.92 Å². The zero-order chi connectivity index (χ0) is 8.85. The van der Waals surface area contributed by atoms with Gasteiger partial charge in [0.05, 0.1) is 6.10 Å². The average Bonchev–Trinajstić information content (AvgIpc) is 1.82. The minimum atomic E-state index is -0.384. The molecule has 0 aromatic rings. The highest BCUT2D eigenvalue weighted by atomic mass is 16.3. The molecule has 1 amide bonds. The summed E-state index contributed by atoms with van der Waals surface area (Å²) < 4.78 is 0. The highest BCUT2D eigenvalue weighted by Gasteiger charge is 2.05. The van der Waals surface area contributed by atoms with Crippen LogP contribution < -0.4 is 11.1 Å². The third-order valence-corrected chi connectivity index (χ3v) is 1.27. The Balaban J connectivity index is 3.37. The molecule has 0 heterocycles. The van der Waals surface area contributed by atoms with Crippen molar-refractivity contribution in [3.05, 3.63) is 0 Å². The fraction of sp³-hybridized carbons (Fsp3) is 0.857. The first-order valence-corrected chi connectivity index (χ1v) is 3.72. The number of aliphatic hydroxyl groups is 1. The zero-order valence-corrected chi connectivity index (χ0v) is 7.00. The van der Waals surface area contributed by atoms with E-state index < -0.39 is 0 Å². The van der Waals surface area contributed by atoms with Gasteiger partial charge in [-0.2, -0.15) is 0 Å². The van der Waals surface area contributed by atoms with Crippen molar-refractivity contribution in [2.45, 2.75) is 32.4 Å². The lowest BCUT2D eigenvalue weighted by atomic mass is 10.2. The van der Waals surface area contributed by atoms with E-state index in [0.717, 1.165) is 0 Å². The molecule has 0 aliphatic heterocycles. The van der Waals surface area contributed by atoms with Crippen LogP contribution in [0.5, 0.6) is 0 Å². The molecule has 0 aromatic heterocycles. The van der Waals surface area contributed by atoms with Crippen molar-refractivity contribution < 1.29 is 9.90 Å². The van der Waals surface area contributed by atoms with Crippen LogP contribution in [0, 0.1) is 0 Å². The summed E-state index contributed by atoms with van der Waals surface area (Å²) in [6.45, 7) is 4.03. The van der Waals surface area contributed by atoms with Gasteiger partial charge >= 0.3 is 0 Å². The number of hydrogen-bond donors (Lipinski definition) is 3. The van der Waals surface area contributed by atoms with Crippen LogP contribution in [0.15, 0.2) is 0 Å². The lowest BCUT2D eigenvalue weighted by molar-refractivity contribution is -0.118. The average molecular weight is 160 g/mol. The maximum Gasteiger partial charge on any atom is 0.218 e. The smallest absolute Gasteiger partial charge is 0.218 e. The SMILES string of the molecule is CC(CC(N)=O)NC[C@@H](C)O. The summed E-state index contributed by atoms with van der Waals surface area (Å²) in [4.78, 5) is 10.4. The minimum Gasteiger partial charge on any atom is -0.392 e. The maximum absolute atomic E-state index is 10.4. The van der Waals surface area contributed by atoms with Crippen molar-refractivity contribution in [3.8, 4) is 0 Å². The number of aliphatic hydroxyl groups excluding tert-OH is 1. The van der Waals surface area contributed by atoms with Gasteiger partial charge in [0.25, 0.3) is 0 Å². The maximum atomic E-state index is 10.4. The second kappa shape index (κ2) is 5.09. The molecule has 66 valence electrons. The van der Waals surface area contributed by atoms with Gasteiger partial charge in [-0.3, -0.25) is 4.79 Å². The number of carbonyl (C=O) groups is 1. The van der Waals surface area contributed by atoms with Gasteiger partial charge in [-0.05, 0) is 13.8 Å². The van der Waals surface area contributed by atoms with Crippen LogP contribution in [-0.2, 0) is 4.79 Å². The zero-order valence-electron chi connectivity index (χ0n) is 7.00. The molecule has 4 N–H and O–H groups in total. The third-order valence-electron chi connectivity index (χ3n) is 1.27. The van der Waals surface area contributed by atoms with Crippen molar-refractivity contribution in [2.75, 3.05) is 6.54 Å². The molecule has 2 atom stereocenters. The van der Waals surface area contributed by atoms with Crippen LogP contribution in [0.1, 0.15) is 20.3 Å². The number of primary amides is 1. The predicted molar refractivity (Wildman–Crippen MR) is 43.0 cm³/mol. The quantitative estimate of drug-likeness (QED) is 0.494. The van der Waals surface area contributed by atoms with E-state index >= 15 is 0 Å². The van der Waals surface area contributed by atoms with Crippen LogP contribution in [-0.4, -0.2) is 29.7 Å². The number of nitrogens with two attached hydrogens (primary N) is 1. The Morgan fingerprint density at radius 2 is 2.18 bits per heavy atom. The van der Waals surface area contributed by atoms with E-state index in [9.17, 15) is 4.79 Å². The molecule has 0 fully saturated rings. The van der Waals surface area contributed by atoms with Crippen LogP contribution in [0.25, 0.3) is 0 Å². The highest BCUT2D eigenvalue weighted by molar-refractivity contribution is 5.74. The molecule has 1 unspecified atom stereocenters. The lowest BCUT2D eigenvalue weighted by Crippen LogP contribution is -2.35. The first-order chi connectivity index (χ1) is 5.02. The molecule has 4 heteroatoms. The summed E-state index contributed by atoms with van der Waals surface area (Å²) in [6, 6.07) is 0.0436. The first-order valence-electron chi connectivity index (χ1n) is 3.72. The van der Waals surface area contributed by atoms with Crippen molar-refractivity contribution in [2.24, 2.45) is 5.73 Å². The fourth-order valence-electron chi connectivity index (χ4n) is 0.746. The number of rotatable bonds is 5. The Hall–Kier alpha value is -0.610. The molecule has 0 spiro atoms. The summed E-state index contributed by atoms with van der Waals surface area (Å²) in [5.41, 5.74) is 4.96. The molecule has 0 saturated carbocycles. The number of nitrogens with one attached hydrogen (secondary N) is 1. The Morgan fingerprint density at radius 1 is 1.64 bits per heavy atom. The van der Waals surface area contributed by atoms with Crippen LogP contribution >= 0.6 is 0 Å². The summed E-state index contributed by atoms with van der Waals surface area (Å²) in [5, 5.41) is 11.8. The van der Waals surface area contributed by atoms with Gasteiger partial charge in [0, 0.05) is 19.0 Å². The van der Waals surface area contributed by atoms with Gasteiger partial charge in [0.2, 0.25) is 5.91 Å². The largest absolute Gasteiger partial charge is 0.392 e. The molecular formula is C7H16N2O2. The summed E-state index contributed by atoms with van der Waals surface area (Å²) >= 11 is 0. The summed E-state index contributed by atoms with van der Waals surface area (Å²) in [7, 11) is 0. The van der Waals surface area contributed by atoms with E-state index in [4.69, 9.17) is 10.8 Å². The number of hydrogen-bond acceptors (Lipinski definition) is 3. The number of carbonyl (C=O) groups excluding carboxylic acids is 1. The van der Waals surface area contributed by atoms with E-state index in [2.05, 4.69) is 5.32 Å². The molecule has 0 aliphatic carbocycles. The van der Waals surface area contributed by atoms with Gasteiger partial charge < -0.3 is 16.2 Å².